The van der Waals surface area contributed by atoms with Gasteiger partial charge in [0.15, 0.2) is 16.5 Å². The molecule has 2 heterocycles. The van der Waals surface area contributed by atoms with Gasteiger partial charge in [-0.3, -0.25) is 9.59 Å². The summed E-state index contributed by atoms with van der Waals surface area (Å²) in [7, 11) is 0. The second kappa shape index (κ2) is 6.59. The summed E-state index contributed by atoms with van der Waals surface area (Å²) in [4.78, 5) is 32.2. The molecule has 0 bridgehead atoms. The molecule has 0 spiro atoms. The van der Waals surface area contributed by atoms with E-state index in [4.69, 9.17) is 4.74 Å². The van der Waals surface area contributed by atoms with Crippen molar-refractivity contribution < 1.29 is 14.3 Å². The number of esters is 1. The molecule has 2 unspecified atom stereocenters. The third-order valence-electron chi connectivity index (χ3n) is 4.54. The van der Waals surface area contributed by atoms with E-state index in [0.29, 0.717) is 17.5 Å². The number of aromatic amines is 1. The summed E-state index contributed by atoms with van der Waals surface area (Å²) in [6.07, 6.45) is 1.14. The molecular weight excluding hydrogens is 324 g/mol. The lowest BCUT2D eigenvalue weighted by molar-refractivity contribution is -0.156. The van der Waals surface area contributed by atoms with Gasteiger partial charge in [0.05, 0.1) is 23.2 Å². The van der Waals surface area contributed by atoms with Gasteiger partial charge in [0.25, 0.3) is 0 Å². The molecule has 1 aromatic heterocycles. The number of carbonyl (C=O) groups is 2. The van der Waals surface area contributed by atoms with E-state index >= 15 is 0 Å². The van der Waals surface area contributed by atoms with Gasteiger partial charge in [-0.15, -0.1) is 0 Å². The lowest BCUT2D eigenvalue weighted by Gasteiger charge is -2.28. The first-order valence-electron chi connectivity index (χ1n) is 8.21. The number of thioether (sulfide) groups is 1. The monoisotopic (exact) mass is 346 g/mol. The molecule has 3 rings (SSSR count). The molecule has 1 fully saturated rings. The zero-order valence-corrected chi connectivity index (χ0v) is 15.0. The molecule has 0 amide bonds. The van der Waals surface area contributed by atoms with Crippen LogP contribution in [0.25, 0.3) is 11.0 Å². The second-order valence-electron chi connectivity index (χ2n) is 6.88. The van der Waals surface area contributed by atoms with Gasteiger partial charge in [-0.05, 0) is 31.4 Å². The van der Waals surface area contributed by atoms with Gasteiger partial charge >= 0.3 is 5.97 Å². The average Bonchev–Trinajstić information content (AvgIpc) is 3.05. The molecule has 1 aliphatic rings. The lowest BCUT2D eigenvalue weighted by atomic mass is 9.80. The fraction of sp³-hybridized carbons (Fsp3) is 0.500. The first-order valence-corrected chi connectivity index (χ1v) is 9.19. The maximum Gasteiger partial charge on any atom is 0.307 e. The third-order valence-corrected chi connectivity index (χ3v) is 5.41. The normalized spacial score (nSPS) is 23.8. The van der Waals surface area contributed by atoms with Crippen LogP contribution in [0, 0.1) is 11.8 Å². The van der Waals surface area contributed by atoms with E-state index < -0.39 is 5.60 Å². The Morgan fingerprint density at radius 2 is 2.21 bits per heavy atom. The quantitative estimate of drug-likeness (QED) is 0.639. The van der Waals surface area contributed by atoms with E-state index in [1.165, 1.54) is 11.8 Å². The van der Waals surface area contributed by atoms with E-state index in [0.717, 1.165) is 17.5 Å². The van der Waals surface area contributed by atoms with Gasteiger partial charge in [0, 0.05) is 5.92 Å². The fourth-order valence-corrected chi connectivity index (χ4v) is 4.09. The molecule has 0 saturated carbocycles. The standard InChI is InChI=1S/C18H22N2O3S/c1-11(2)8-12-9-16(22)23-18(12,3)15(21)10-24-17-19-13-6-4-5-7-14(13)20-17/h4-7,11-12H,8-10H2,1-3H3,(H,19,20). The van der Waals surface area contributed by atoms with Gasteiger partial charge in [0.2, 0.25) is 0 Å². The Balaban J connectivity index is 1.69. The van der Waals surface area contributed by atoms with Crippen molar-refractivity contribution in [3.63, 3.8) is 0 Å². The summed E-state index contributed by atoms with van der Waals surface area (Å²) >= 11 is 1.35. The molecule has 1 saturated heterocycles. The molecule has 1 N–H and O–H groups in total. The van der Waals surface area contributed by atoms with Crippen LogP contribution in [-0.2, 0) is 14.3 Å². The van der Waals surface area contributed by atoms with Crippen LogP contribution in [0.2, 0.25) is 0 Å². The first kappa shape index (κ1) is 17.0. The number of benzene rings is 1. The highest BCUT2D eigenvalue weighted by Crippen LogP contribution is 2.39. The number of H-pyrrole nitrogens is 1. The third kappa shape index (κ3) is 3.34. The number of fused-ring (bicyclic) bond motifs is 1. The number of rotatable bonds is 6. The SMILES string of the molecule is CC(C)CC1CC(=O)OC1(C)C(=O)CSc1nc2ccccc2[nH]1. The number of imidazole rings is 1. The number of nitrogens with one attached hydrogen (secondary N) is 1. The highest BCUT2D eigenvalue weighted by atomic mass is 32.2. The summed E-state index contributed by atoms with van der Waals surface area (Å²) in [6.45, 7) is 5.94. The number of carbonyl (C=O) groups excluding carboxylic acids is 2. The fourth-order valence-electron chi connectivity index (χ4n) is 3.19. The molecular formula is C18H22N2O3S. The second-order valence-corrected chi connectivity index (χ2v) is 7.85. The number of hydrogen-bond donors (Lipinski definition) is 1. The van der Waals surface area contributed by atoms with Crippen LogP contribution in [0.5, 0.6) is 0 Å². The Kier molecular flexibility index (Phi) is 4.67. The lowest BCUT2D eigenvalue weighted by Crippen LogP contribution is -2.42. The van der Waals surface area contributed by atoms with Crippen LogP contribution in [0.3, 0.4) is 0 Å². The van der Waals surface area contributed by atoms with Crippen LogP contribution >= 0.6 is 11.8 Å². The summed E-state index contributed by atoms with van der Waals surface area (Å²) < 4.78 is 5.44. The van der Waals surface area contributed by atoms with Crippen molar-refractivity contribution in [2.75, 3.05) is 5.75 Å². The zero-order chi connectivity index (χ0) is 17.3. The Labute approximate surface area is 145 Å². The highest BCUT2D eigenvalue weighted by Gasteiger charge is 2.50. The highest BCUT2D eigenvalue weighted by molar-refractivity contribution is 7.99. The Morgan fingerprint density at radius 1 is 1.46 bits per heavy atom. The molecule has 2 aromatic rings. The van der Waals surface area contributed by atoms with Crippen molar-refractivity contribution in [3.8, 4) is 0 Å². The van der Waals surface area contributed by atoms with Crippen molar-refractivity contribution in [3.05, 3.63) is 24.3 Å². The molecule has 6 heteroatoms. The zero-order valence-electron chi connectivity index (χ0n) is 14.2. The van der Waals surface area contributed by atoms with E-state index in [2.05, 4.69) is 23.8 Å². The number of hydrogen-bond acceptors (Lipinski definition) is 5. The Hall–Kier alpha value is -1.82. The molecule has 5 nitrogen and oxygen atoms in total. The Bertz CT molecular complexity index is 737. The number of para-hydroxylation sites is 2. The van der Waals surface area contributed by atoms with Crippen molar-refractivity contribution in [1.29, 1.82) is 0 Å². The summed E-state index contributed by atoms with van der Waals surface area (Å²) in [5, 5.41) is 0.706. The number of aromatic nitrogens is 2. The predicted octanol–water partition coefficient (Wildman–Crippen LogP) is 3.59. The largest absolute Gasteiger partial charge is 0.451 e. The Morgan fingerprint density at radius 3 is 2.92 bits per heavy atom. The molecule has 128 valence electrons. The van der Waals surface area contributed by atoms with E-state index in [1.807, 2.05) is 24.3 Å². The van der Waals surface area contributed by atoms with E-state index in [9.17, 15) is 9.59 Å². The number of cyclic esters (lactones) is 1. The van der Waals surface area contributed by atoms with Crippen molar-refractivity contribution in [1.82, 2.24) is 9.97 Å². The minimum Gasteiger partial charge on any atom is -0.451 e. The molecule has 0 aliphatic carbocycles. The molecule has 2 atom stereocenters. The average molecular weight is 346 g/mol. The minimum absolute atomic E-state index is 0.0474. The molecule has 0 radical (unpaired) electrons. The summed E-state index contributed by atoms with van der Waals surface area (Å²) in [5.41, 5.74) is 0.813. The van der Waals surface area contributed by atoms with E-state index in [-0.39, 0.29) is 23.4 Å². The van der Waals surface area contributed by atoms with Gasteiger partial charge in [-0.2, -0.15) is 0 Å². The number of Topliss-reactive ketones (excluding diaryl/α,β-unsaturated/α-hetero) is 1. The minimum atomic E-state index is -1.01. The van der Waals surface area contributed by atoms with Gasteiger partial charge in [-0.25, -0.2) is 4.98 Å². The van der Waals surface area contributed by atoms with Crippen LogP contribution in [0.4, 0.5) is 0 Å². The van der Waals surface area contributed by atoms with Crippen LogP contribution in [-0.4, -0.2) is 33.1 Å². The molecule has 1 aromatic carbocycles. The first-order chi connectivity index (χ1) is 11.4. The summed E-state index contributed by atoms with van der Waals surface area (Å²) in [6, 6.07) is 7.75. The van der Waals surface area contributed by atoms with Crippen LogP contribution in [0.15, 0.2) is 29.4 Å². The number of ketones is 1. The van der Waals surface area contributed by atoms with Crippen molar-refractivity contribution in [2.45, 2.75) is 44.4 Å². The van der Waals surface area contributed by atoms with Crippen LogP contribution in [0.1, 0.15) is 33.6 Å². The smallest absolute Gasteiger partial charge is 0.307 e. The van der Waals surface area contributed by atoms with E-state index in [1.54, 1.807) is 6.92 Å². The van der Waals surface area contributed by atoms with Crippen molar-refractivity contribution >= 4 is 34.5 Å². The van der Waals surface area contributed by atoms with Crippen molar-refractivity contribution in [2.24, 2.45) is 11.8 Å². The van der Waals surface area contributed by atoms with Crippen LogP contribution < -0.4 is 0 Å². The van der Waals surface area contributed by atoms with Gasteiger partial charge < -0.3 is 9.72 Å². The maximum atomic E-state index is 12.8. The van der Waals surface area contributed by atoms with Gasteiger partial charge in [0.1, 0.15) is 0 Å². The predicted molar refractivity (Wildman–Crippen MR) is 93.9 cm³/mol. The maximum absolute atomic E-state index is 12.8. The molecule has 1 aliphatic heterocycles. The van der Waals surface area contributed by atoms with Gasteiger partial charge in [-0.1, -0.05) is 37.7 Å². The summed E-state index contributed by atoms with van der Waals surface area (Å²) in [5.74, 6) is 0.279. The topological polar surface area (TPSA) is 72.1 Å². The molecule has 24 heavy (non-hydrogen) atoms. The number of nitrogens with zero attached hydrogens (tertiary/aromatic N) is 1. The number of ether oxygens (including phenoxy) is 1.